The summed E-state index contributed by atoms with van der Waals surface area (Å²) in [7, 11) is 0. The Morgan fingerprint density at radius 2 is 2.07 bits per heavy atom. The van der Waals surface area contributed by atoms with Crippen LogP contribution in [0.5, 0.6) is 0 Å². The maximum atomic E-state index is 5.29. The molecule has 1 aliphatic heterocycles. The summed E-state index contributed by atoms with van der Waals surface area (Å²) in [5.41, 5.74) is 2.41. The summed E-state index contributed by atoms with van der Waals surface area (Å²) in [4.78, 5) is 0. The number of halogens is 1. The summed E-state index contributed by atoms with van der Waals surface area (Å²) in [5.74, 6) is 0.708. The fraction of sp³-hybridized carbons (Fsp3) is 0.273. The van der Waals surface area contributed by atoms with Crippen molar-refractivity contribution >= 4 is 23.4 Å². The molecule has 1 aromatic heterocycles. The fourth-order valence-electron chi connectivity index (χ4n) is 1.76. The lowest BCUT2D eigenvalue weighted by Crippen LogP contribution is -2.39. The minimum atomic E-state index is 0. The van der Waals surface area contributed by atoms with E-state index in [1.165, 1.54) is 10.9 Å². The number of furan rings is 1. The summed E-state index contributed by atoms with van der Waals surface area (Å²) in [6.45, 7) is 2.23. The highest BCUT2D eigenvalue weighted by Crippen LogP contribution is 2.24. The van der Waals surface area contributed by atoms with Gasteiger partial charge in [-0.1, -0.05) is 6.07 Å². The van der Waals surface area contributed by atoms with E-state index in [4.69, 9.17) is 4.42 Å². The first-order valence-electron chi connectivity index (χ1n) is 4.61. The number of fused-ring (bicyclic) bond motifs is 1. The van der Waals surface area contributed by atoms with E-state index in [0.717, 1.165) is 18.7 Å². The Labute approximate surface area is 88.7 Å². The van der Waals surface area contributed by atoms with Gasteiger partial charge in [0.1, 0.15) is 5.58 Å². The Bertz CT molecular complexity index is 434. The van der Waals surface area contributed by atoms with Crippen molar-refractivity contribution < 1.29 is 4.42 Å². The average Bonchev–Trinajstić information content (AvgIpc) is 2.47. The van der Waals surface area contributed by atoms with Crippen LogP contribution < -0.4 is 5.32 Å². The maximum absolute atomic E-state index is 5.29. The topological polar surface area (TPSA) is 25.2 Å². The molecule has 1 fully saturated rings. The third kappa shape index (κ3) is 1.41. The summed E-state index contributed by atoms with van der Waals surface area (Å²) < 4.78 is 5.29. The third-order valence-corrected chi connectivity index (χ3v) is 2.73. The van der Waals surface area contributed by atoms with Gasteiger partial charge in [-0.3, -0.25) is 0 Å². The predicted octanol–water partition coefficient (Wildman–Crippen LogP) is 2.54. The van der Waals surface area contributed by atoms with Gasteiger partial charge < -0.3 is 9.73 Å². The molecular formula is C11H12ClNO. The zero-order chi connectivity index (χ0) is 8.67. The van der Waals surface area contributed by atoms with Gasteiger partial charge in [-0.25, -0.2) is 0 Å². The molecule has 3 rings (SSSR count). The molecule has 74 valence electrons. The molecule has 0 unspecified atom stereocenters. The van der Waals surface area contributed by atoms with Gasteiger partial charge in [0.15, 0.2) is 0 Å². The quantitative estimate of drug-likeness (QED) is 0.781. The molecule has 1 aliphatic rings. The smallest absolute Gasteiger partial charge is 0.133 e. The second-order valence-electron chi connectivity index (χ2n) is 3.57. The van der Waals surface area contributed by atoms with Crippen LogP contribution in [0.1, 0.15) is 11.5 Å². The number of hydrogen-bond acceptors (Lipinski definition) is 2. The molecule has 0 radical (unpaired) electrons. The Morgan fingerprint density at radius 3 is 2.79 bits per heavy atom. The van der Waals surface area contributed by atoms with Gasteiger partial charge in [0.25, 0.3) is 0 Å². The molecule has 0 atom stereocenters. The second-order valence-corrected chi connectivity index (χ2v) is 3.57. The molecule has 3 heteroatoms. The standard InChI is InChI=1S/C11H11NO.ClH/c1-2-11-9(3-4-13-11)5-8(1)10-6-12-7-10;/h1-5,10,12H,6-7H2;1H. The van der Waals surface area contributed by atoms with Crippen molar-refractivity contribution in [2.45, 2.75) is 5.92 Å². The lowest BCUT2D eigenvalue weighted by atomic mass is 9.93. The first kappa shape index (κ1) is 9.56. The molecule has 1 N–H and O–H groups in total. The zero-order valence-corrected chi connectivity index (χ0v) is 8.51. The van der Waals surface area contributed by atoms with Gasteiger partial charge in [-0.15, -0.1) is 12.4 Å². The van der Waals surface area contributed by atoms with E-state index in [9.17, 15) is 0 Å². The highest BCUT2D eigenvalue weighted by atomic mass is 35.5. The number of benzene rings is 1. The van der Waals surface area contributed by atoms with Crippen molar-refractivity contribution in [3.63, 3.8) is 0 Å². The third-order valence-electron chi connectivity index (χ3n) is 2.73. The first-order chi connectivity index (χ1) is 6.43. The number of rotatable bonds is 1. The van der Waals surface area contributed by atoms with Crippen molar-refractivity contribution in [2.75, 3.05) is 13.1 Å². The Morgan fingerprint density at radius 1 is 1.21 bits per heavy atom. The van der Waals surface area contributed by atoms with Crippen LogP contribution in [0.4, 0.5) is 0 Å². The van der Waals surface area contributed by atoms with Crippen LogP contribution in [0.2, 0.25) is 0 Å². The van der Waals surface area contributed by atoms with Crippen molar-refractivity contribution in [1.82, 2.24) is 5.32 Å². The number of nitrogens with one attached hydrogen (secondary N) is 1. The van der Waals surface area contributed by atoms with E-state index in [1.807, 2.05) is 6.07 Å². The zero-order valence-electron chi connectivity index (χ0n) is 7.69. The van der Waals surface area contributed by atoms with Crippen LogP contribution in [0.3, 0.4) is 0 Å². The summed E-state index contributed by atoms with van der Waals surface area (Å²) in [5, 5.41) is 4.49. The Kier molecular flexibility index (Phi) is 2.48. The van der Waals surface area contributed by atoms with Crippen molar-refractivity contribution in [3.05, 3.63) is 36.1 Å². The SMILES string of the molecule is Cl.c1cc2cc(C3CNC3)ccc2o1. The summed E-state index contributed by atoms with van der Waals surface area (Å²) >= 11 is 0. The molecule has 0 saturated carbocycles. The van der Waals surface area contributed by atoms with E-state index in [-0.39, 0.29) is 12.4 Å². The monoisotopic (exact) mass is 209 g/mol. The van der Waals surface area contributed by atoms with Gasteiger partial charge in [0, 0.05) is 24.4 Å². The van der Waals surface area contributed by atoms with Crippen LogP contribution in [-0.4, -0.2) is 13.1 Å². The van der Waals surface area contributed by atoms with Gasteiger partial charge in [-0.2, -0.15) is 0 Å². The van der Waals surface area contributed by atoms with E-state index < -0.39 is 0 Å². The van der Waals surface area contributed by atoms with Crippen LogP contribution >= 0.6 is 12.4 Å². The van der Waals surface area contributed by atoms with Crippen LogP contribution in [0, 0.1) is 0 Å². The lowest BCUT2D eigenvalue weighted by molar-refractivity contribution is 0.448. The molecule has 0 spiro atoms. The molecule has 1 saturated heterocycles. The fourth-order valence-corrected chi connectivity index (χ4v) is 1.76. The van der Waals surface area contributed by atoms with Crippen molar-refractivity contribution in [1.29, 1.82) is 0 Å². The Hall–Kier alpha value is -0.990. The average molecular weight is 210 g/mol. The predicted molar refractivity (Wildman–Crippen MR) is 59.1 cm³/mol. The van der Waals surface area contributed by atoms with Gasteiger partial charge >= 0.3 is 0 Å². The van der Waals surface area contributed by atoms with E-state index >= 15 is 0 Å². The van der Waals surface area contributed by atoms with Crippen molar-refractivity contribution in [2.24, 2.45) is 0 Å². The molecule has 0 aliphatic carbocycles. The summed E-state index contributed by atoms with van der Waals surface area (Å²) in [6, 6.07) is 8.47. The van der Waals surface area contributed by atoms with Gasteiger partial charge in [-0.05, 0) is 23.8 Å². The van der Waals surface area contributed by atoms with E-state index in [2.05, 4.69) is 23.5 Å². The minimum absolute atomic E-state index is 0. The maximum Gasteiger partial charge on any atom is 0.133 e. The van der Waals surface area contributed by atoms with Crippen LogP contribution in [-0.2, 0) is 0 Å². The minimum Gasteiger partial charge on any atom is -0.464 e. The van der Waals surface area contributed by atoms with E-state index in [0.29, 0.717) is 5.92 Å². The van der Waals surface area contributed by atoms with Gasteiger partial charge in [0.05, 0.1) is 6.26 Å². The van der Waals surface area contributed by atoms with Crippen molar-refractivity contribution in [3.8, 4) is 0 Å². The normalized spacial score (nSPS) is 16.3. The molecule has 2 nitrogen and oxygen atoms in total. The second kappa shape index (κ2) is 3.64. The molecule has 0 bridgehead atoms. The highest BCUT2D eigenvalue weighted by Gasteiger charge is 2.18. The van der Waals surface area contributed by atoms with Crippen LogP contribution in [0.15, 0.2) is 34.9 Å². The lowest BCUT2D eigenvalue weighted by Gasteiger charge is -2.27. The number of hydrogen-bond donors (Lipinski definition) is 1. The molecule has 2 heterocycles. The summed E-state index contributed by atoms with van der Waals surface area (Å²) in [6.07, 6.45) is 1.74. The Balaban J connectivity index is 0.000000750. The molecule has 14 heavy (non-hydrogen) atoms. The largest absolute Gasteiger partial charge is 0.464 e. The highest BCUT2D eigenvalue weighted by molar-refractivity contribution is 5.85. The molecular weight excluding hydrogens is 198 g/mol. The van der Waals surface area contributed by atoms with Gasteiger partial charge in [0.2, 0.25) is 0 Å². The molecule has 2 aromatic rings. The first-order valence-corrected chi connectivity index (χ1v) is 4.61. The van der Waals surface area contributed by atoms with Crippen LogP contribution in [0.25, 0.3) is 11.0 Å². The molecule has 0 amide bonds. The van der Waals surface area contributed by atoms with E-state index in [1.54, 1.807) is 6.26 Å². The molecule has 1 aromatic carbocycles.